The summed E-state index contributed by atoms with van der Waals surface area (Å²) in [5, 5.41) is 8.54. The zero-order valence-electron chi connectivity index (χ0n) is 7.12. The highest BCUT2D eigenvalue weighted by atomic mass is 19.4. The van der Waals surface area contributed by atoms with Crippen LogP contribution in [0.15, 0.2) is 18.3 Å². The van der Waals surface area contributed by atoms with Gasteiger partial charge in [0.15, 0.2) is 0 Å². The van der Waals surface area contributed by atoms with Gasteiger partial charge in [-0.2, -0.15) is 18.4 Å². The molecule has 1 atom stereocenters. The van der Waals surface area contributed by atoms with E-state index < -0.39 is 18.8 Å². The van der Waals surface area contributed by atoms with Gasteiger partial charge in [-0.1, -0.05) is 0 Å². The normalized spacial score (nSPS) is 13.6. The van der Waals surface area contributed by atoms with E-state index in [0.29, 0.717) is 0 Å². The van der Waals surface area contributed by atoms with Crippen molar-refractivity contribution in [3.05, 3.63) is 24.0 Å². The molecule has 76 valence electrons. The minimum Gasteiger partial charge on any atom is -0.328 e. The summed E-state index contributed by atoms with van der Waals surface area (Å²) in [6.45, 7) is -0.577. The van der Waals surface area contributed by atoms with Crippen LogP contribution in [0.5, 0.6) is 0 Å². The van der Waals surface area contributed by atoms with E-state index in [4.69, 9.17) is 11.0 Å². The van der Waals surface area contributed by atoms with Crippen molar-refractivity contribution >= 4 is 0 Å². The summed E-state index contributed by atoms with van der Waals surface area (Å²) in [4.78, 5) is 0. The largest absolute Gasteiger partial charge is 0.410 e. The highest BCUT2D eigenvalue weighted by molar-refractivity contribution is 5.23. The van der Waals surface area contributed by atoms with Gasteiger partial charge in [0.2, 0.25) is 0 Å². The number of nitriles is 1. The van der Waals surface area contributed by atoms with Crippen molar-refractivity contribution in [3.63, 3.8) is 0 Å². The molecule has 0 saturated heterocycles. The number of halogens is 3. The zero-order valence-corrected chi connectivity index (χ0v) is 7.12. The summed E-state index contributed by atoms with van der Waals surface area (Å²) in [5.74, 6) is 0. The average molecular weight is 203 g/mol. The van der Waals surface area contributed by atoms with Gasteiger partial charge >= 0.3 is 6.18 Å². The number of nitrogens with zero attached hydrogens (tertiary/aromatic N) is 2. The van der Waals surface area contributed by atoms with Gasteiger partial charge in [0, 0.05) is 12.7 Å². The molecule has 0 aliphatic rings. The molecule has 6 heteroatoms. The molecular weight excluding hydrogens is 195 g/mol. The number of alkyl halides is 3. The van der Waals surface area contributed by atoms with Crippen LogP contribution in [0.2, 0.25) is 0 Å². The highest BCUT2D eigenvalue weighted by Gasteiger charge is 2.40. The standard InChI is InChI=1S/C8H8F3N3/c9-8(10,11)7(5-13)14-3-1-2-6(14)4-12/h1-3,7H,5,13H2. The molecule has 1 unspecified atom stereocenters. The van der Waals surface area contributed by atoms with Gasteiger partial charge in [-0.3, -0.25) is 0 Å². The average Bonchev–Trinajstić information content (AvgIpc) is 2.51. The molecule has 1 rings (SSSR count). The first-order valence-corrected chi connectivity index (χ1v) is 3.84. The highest BCUT2D eigenvalue weighted by Crippen LogP contribution is 2.30. The lowest BCUT2D eigenvalue weighted by Gasteiger charge is -2.20. The van der Waals surface area contributed by atoms with Gasteiger partial charge < -0.3 is 10.3 Å². The van der Waals surface area contributed by atoms with Crippen LogP contribution >= 0.6 is 0 Å². The van der Waals surface area contributed by atoms with Gasteiger partial charge in [0.05, 0.1) is 0 Å². The summed E-state index contributed by atoms with van der Waals surface area (Å²) >= 11 is 0. The maximum absolute atomic E-state index is 12.4. The zero-order chi connectivity index (χ0) is 10.8. The lowest BCUT2D eigenvalue weighted by molar-refractivity contribution is -0.165. The molecule has 1 heterocycles. The van der Waals surface area contributed by atoms with Gasteiger partial charge in [-0.15, -0.1) is 0 Å². The van der Waals surface area contributed by atoms with Crippen molar-refractivity contribution in [2.45, 2.75) is 12.2 Å². The van der Waals surface area contributed by atoms with Crippen LogP contribution in [-0.2, 0) is 0 Å². The summed E-state index contributed by atoms with van der Waals surface area (Å²) in [7, 11) is 0. The van der Waals surface area contributed by atoms with E-state index in [2.05, 4.69) is 0 Å². The molecule has 2 N–H and O–H groups in total. The van der Waals surface area contributed by atoms with Crippen molar-refractivity contribution in [1.29, 1.82) is 5.26 Å². The van der Waals surface area contributed by atoms with Crippen molar-refractivity contribution in [3.8, 4) is 6.07 Å². The molecule has 0 fully saturated rings. The van der Waals surface area contributed by atoms with Crippen LogP contribution in [0.25, 0.3) is 0 Å². The third-order valence-corrected chi connectivity index (χ3v) is 1.83. The van der Waals surface area contributed by atoms with Crippen molar-refractivity contribution in [1.82, 2.24) is 4.57 Å². The minimum absolute atomic E-state index is 0.0437. The maximum atomic E-state index is 12.4. The van der Waals surface area contributed by atoms with E-state index in [1.807, 2.05) is 0 Å². The molecule has 0 saturated carbocycles. The van der Waals surface area contributed by atoms with Gasteiger partial charge in [-0.25, -0.2) is 0 Å². The maximum Gasteiger partial charge on any atom is 0.410 e. The van der Waals surface area contributed by atoms with Crippen molar-refractivity contribution < 1.29 is 13.2 Å². The first-order valence-electron chi connectivity index (χ1n) is 3.84. The van der Waals surface area contributed by atoms with E-state index in [0.717, 1.165) is 4.57 Å². The Bertz CT molecular complexity index is 347. The van der Waals surface area contributed by atoms with Gasteiger partial charge in [0.25, 0.3) is 0 Å². The molecule has 0 bridgehead atoms. The van der Waals surface area contributed by atoms with Crippen molar-refractivity contribution in [2.75, 3.05) is 6.54 Å². The topological polar surface area (TPSA) is 54.7 Å². The summed E-state index contributed by atoms with van der Waals surface area (Å²) in [5.41, 5.74) is 4.98. The Hall–Kier alpha value is -1.48. The molecule has 1 aromatic heterocycles. The van der Waals surface area contributed by atoms with Crippen LogP contribution in [0.4, 0.5) is 13.2 Å². The predicted molar refractivity (Wildman–Crippen MR) is 43.3 cm³/mol. The molecule has 0 aliphatic heterocycles. The van der Waals surface area contributed by atoms with E-state index in [1.54, 1.807) is 6.07 Å². The molecule has 0 aromatic carbocycles. The Morgan fingerprint density at radius 2 is 2.21 bits per heavy atom. The van der Waals surface area contributed by atoms with E-state index in [9.17, 15) is 13.2 Å². The number of rotatable bonds is 2. The quantitative estimate of drug-likeness (QED) is 0.790. The SMILES string of the molecule is N#Cc1cccn1C(CN)C(F)(F)F. The molecular formula is C8H8F3N3. The Morgan fingerprint density at radius 1 is 1.57 bits per heavy atom. The summed E-state index contributed by atoms with van der Waals surface area (Å²) in [6, 6.07) is 2.54. The summed E-state index contributed by atoms with van der Waals surface area (Å²) < 4.78 is 38.0. The first-order chi connectivity index (χ1) is 6.50. The number of hydrogen-bond acceptors (Lipinski definition) is 2. The fourth-order valence-electron chi connectivity index (χ4n) is 1.16. The van der Waals surface area contributed by atoms with Gasteiger partial charge in [0.1, 0.15) is 17.8 Å². The van der Waals surface area contributed by atoms with Crippen molar-refractivity contribution in [2.24, 2.45) is 5.73 Å². The molecule has 0 spiro atoms. The Morgan fingerprint density at radius 3 is 2.64 bits per heavy atom. The molecule has 0 radical (unpaired) electrons. The lowest BCUT2D eigenvalue weighted by Crippen LogP contribution is -2.33. The number of nitrogens with two attached hydrogens (primary N) is 1. The lowest BCUT2D eigenvalue weighted by atomic mass is 10.2. The Balaban J connectivity index is 3.08. The number of aromatic nitrogens is 1. The molecule has 1 aromatic rings. The van der Waals surface area contributed by atoms with Crippen LogP contribution in [0, 0.1) is 11.3 Å². The second-order valence-corrected chi connectivity index (χ2v) is 2.71. The fraction of sp³-hybridized carbons (Fsp3) is 0.375. The summed E-state index contributed by atoms with van der Waals surface area (Å²) in [6.07, 6.45) is -3.23. The minimum atomic E-state index is -4.43. The third kappa shape index (κ3) is 1.88. The molecule has 0 amide bonds. The van der Waals surface area contributed by atoms with Gasteiger partial charge in [-0.05, 0) is 12.1 Å². The first kappa shape index (κ1) is 10.6. The smallest absolute Gasteiger partial charge is 0.328 e. The second-order valence-electron chi connectivity index (χ2n) is 2.71. The van der Waals surface area contributed by atoms with Crippen LogP contribution in [0.3, 0.4) is 0 Å². The van der Waals surface area contributed by atoms with Crippen LogP contribution in [0.1, 0.15) is 11.7 Å². The Labute approximate surface area is 78.5 Å². The van der Waals surface area contributed by atoms with Crippen LogP contribution in [-0.4, -0.2) is 17.3 Å². The predicted octanol–water partition coefficient (Wildman–Crippen LogP) is 1.42. The van der Waals surface area contributed by atoms with E-state index >= 15 is 0 Å². The second kappa shape index (κ2) is 3.72. The monoisotopic (exact) mass is 203 g/mol. The number of hydrogen-bond donors (Lipinski definition) is 1. The molecule has 0 aliphatic carbocycles. The van der Waals surface area contributed by atoms with E-state index in [-0.39, 0.29) is 5.69 Å². The molecule has 3 nitrogen and oxygen atoms in total. The third-order valence-electron chi connectivity index (χ3n) is 1.83. The van der Waals surface area contributed by atoms with E-state index in [1.165, 1.54) is 18.3 Å². The fourth-order valence-corrected chi connectivity index (χ4v) is 1.16. The van der Waals surface area contributed by atoms with Crippen LogP contribution < -0.4 is 5.73 Å². The Kier molecular flexibility index (Phi) is 2.81. The molecule has 14 heavy (non-hydrogen) atoms.